The molecule has 5 nitrogen and oxygen atoms in total. The summed E-state index contributed by atoms with van der Waals surface area (Å²) in [5.41, 5.74) is 2.44. The number of aryl methyl sites for hydroxylation is 3. The molecule has 2 rings (SSSR count). The number of rotatable bonds is 4. The summed E-state index contributed by atoms with van der Waals surface area (Å²) in [6.07, 6.45) is 0. The van der Waals surface area contributed by atoms with E-state index >= 15 is 0 Å². The Bertz CT molecular complexity index is 695. The van der Waals surface area contributed by atoms with Gasteiger partial charge in [-0.25, -0.2) is 8.42 Å². The number of halogens is 1. The van der Waals surface area contributed by atoms with E-state index in [0.717, 1.165) is 14.9 Å². The highest BCUT2D eigenvalue weighted by Crippen LogP contribution is 2.32. The van der Waals surface area contributed by atoms with Crippen LogP contribution in [-0.2, 0) is 16.6 Å². The fraction of sp³-hybridized carbons (Fsp3) is 0.417. The molecule has 0 saturated heterocycles. The van der Waals surface area contributed by atoms with Crippen LogP contribution in [0.3, 0.4) is 0 Å². The van der Waals surface area contributed by atoms with Gasteiger partial charge in [-0.1, -0.05) is 5.16 Å². The molecule has 0 fully saturated rings. The van der Waals surface area contributed by atoms with Crippen LogP contribution >= 0.6 is 27.3 Å². The molecule has 2 aromatic rings. The van der Waals surface area contributed by atoms with E-state index in [1.54, 1.807) is 27.0 Å². The minimum absolute atomic E-state index is 0.248. The first-order chi connectivity index (χ1) is 9.23. The molecule has 0 bridgehead atoms. The molecule has 0 unspecified atom stereocenters. The van der Waals surface area contributed by atoms with Gasteiger partial charge in [0.15, 0.2) is 0 Å². The van der Waals surface area contributed by atoms with Crippen LogP contribution in [0, 0.1) is 20.8 Å². The third kappa shape index (κ3) is 2.83. The standard InChI is InChI=1S/C12H15BrN2O3S2/c1-7-5-11(19-12(7)13)20(16,17)15(4)6-10-8(2)14-18-9(10)3/h5H,6H2,1-4H3. The molecule has 0 saturated carbocycles. The minimum Gasteiger partial charge on any atom is -0.361 e. The maximum Gasteiger partial charge on any atom is 0.252 e. The zero-order valence-electron chi connectivity index (χ0n) is 11.6. The number of aromatic nitrogens is 1. The molecule has 0 aliphatic heterocycles. The number of nitrogens with zero attached hydrogens (tertiary/aromatic N) is 2. The second-order valence-corrected chi connectivity index (χ2v) is 9.23. The predicted octanol–water partition coefficient (Wildman–Crippen LogP) is 3.24. The molecule has 110 valence electrons. The summed E-state index contributed by atoms with van der Waals surface area (Å²) in [5.74, 6) is 0.646. The third-order valence-corrected chi connectivity index (χ3v) is 7.45. The molecular formula is C12H15BrN2O3S2. The Labute approximate surface area is 130 Å². The maximum atomic E-state index is 12.5. The van der Waals surface area contributed by atoms with E-state index in [-0.39, 0.29) is 6.54 Å². The molecule has 2 aromatic heterocycles. The van der Waals surface area contributed by atoms with E-state index in [2.05, 4.69) is 21.1 Å². The Morgan fingerprint density at radius 3 is 2.50 bits per heavy atom. The summed E-state index contributed by atoms with van der Waals surface area (Å²) in [6, 6.07) is 1.67. The van der Waals surface area contributed by atoms with E-state index in [0.29, 0.717) is 15.7 Å². The van der Waals surface area contributed by atoms with Crippen molar-refractivity contribution in [3.05, 3.63) is 32.4 Å². The lowest BCUT2D eigenvalue weighted by molar-refractivity contribution is 0.390. The number of hydrogen-bond donors (Lipinski definition) is 0. The molecule has 0 aliphatic rings. The van der Waals surface area contributed by atoms with Crippen LogP contribution in [0.15, 0.2) is 18.6 Å². The van der Waals surface area contributed by atoms with Gasteiger partial charge >= 0.3 is 0 Å². The first-order valence-electron chi connectivity index (χ1n) is 5.87. The molecule has 0 radical (unpaired) electrons. The van der Waals surface area contributed by atoms with Crippen LogP contribution in [0.1, 0.15) is 22.6 Å². The molecule has 8 heteroatoms. The lowest BCUT2D eigenvalue weighted by atomic mass is 10.2. The second kappa shape index (κ2) is 5.59. The quantitative estimate of drug-likeness (QED) is 0.818. The van der Waals surface area contributed by atoms with Gasteiger partial charge in [-0.2, -0.15) is 4.31 Å². The van der Waals surface area contributed by atoms with Crippen LogP contribution in [0.2, 0.25) is 0 Å². The molecule has 20 heavy (non-hydrogen) atoms. The zero-order valence-corrected chi connectivity index (χ0v) is 14.8. The molecule has 0 aromatic carbocycles. The Balaban J connectivity index is 2.30. The van der Waals surface area contributed by atoms with Gasteiger partial charge in [0.05, 0.1) is 9.48 Å². The van der Waals surface area contributed by atoms with Crippen LogP contribution < -0.4 is 0 Å². The van der Waals surface area contributed by atoms with E-state index in [9.17, 15) is 8.42 Å². The lowest BCUT2D eigenvalue weighted by Crippen LogP contribution is -2.26. The molecule has 0 N–H and O–H groups in total. The Kier molecular flexibility index (Phi) is 4.38. The van der Waals surface area contributed by atoms with E-state index in [1.165, 1.54) is 15.6 Å². The summed E-state index contributed by atoms with van der Waals surface area (Å²) in [7, 11) is -1.94. The molecule has 0 amide bonds. The molecule has 2 heterocycles. The third-order valence-electron chi connectivity index (χ3n) is 3.06. The van der Waals surface area contributed by atoms with Gasteiger partial charge in [0.1, 0.15) is 9.97 Å². The SMILES string of the molecule is Cc1cc(S(=O)(=O)N(C)Cc2c(C)noc2C)sc1Br. The number of hydrogen-bond acceptors (Lipinski definition) is 5. The minimum atomic E-state index is -3.50. The average Bonchev–Trinajstić information content (AvgIpc) is 2.87. The smallest absolute Gasteiger partial charge is 0.252 e. The van der Waals surface area contributed by atoms with Crippen molar-refractivity contribution in [3.8, 4) is 0 Å². The number of sulfonamides is 1. The van der Waals surface area contributed by atoms with Gasteiger partial charge in [0.2, 0.25) is 0 Å². The fourth-order valence-corrected chi connectivity index (χ4v) is 5.32. The highest BCUT2D eigenvalue weighted by molar-refractivity contribution is 9.11. The van der Waals surface area contributed by atoms with Gasteiger partial charge in [-0.05, 0) is 48.3 Å². The second-order valence-electron chi connectivity index (χ2n) is 4.59. The van der Waals surface area contributed by atoms with Gasteiger partial charge in [-0.15, -0.1) is 11.3 Å². The number of thiophene rings is 1. The topological polar surface area (TPSA) is 63.4 Å². The van der Waals surface area contributed by atoms with Crippen molar-refractivity contribution in [2.45, 2.75) is 31.5 Å². The summed E-state index contributed by atoms with van der Waals surface area (Å²) >= 11 is 4.57. The van der Waals surface area contributed by atoms with Crippen molar-refractivity contribution < 1.29 is 12.9 Å². The van der Waals surface area contributed by atoms with E-state index in [1.807, 2.05) is 6.92 Å². The largest absolute Gasteiger partial charge is 0.361 e. The fourth-order valence-electron chi connectivity index (χ4n) is 1.75. The van der Waals surface area contributed by atoms with Crippen LogP contribution in [0.25, 0.3) is 0 Å². The van der Waals surface area contributed by atoms with Gasteiger partial charge < -0.3 is 4.52 Å². The van der Waals surface area contributed by atoms with Crippen molar-refractivity contribution >= 4 is 37.3 Å². The van der Waals surface area contributed by atoms with Crippen molar-refractivity contribution in [1.82, 2.24) is 9.46 Å². The highest BCUT2D eigenvalue weighted by atomic mass is 79.9. The summed E-state index contributed by atoms with van der Waals surface area (Å²) in [6.45, 7) is 5.70. The normalized spacial score (nSPS) is 12.3. The average molecular weight is 379 g/mol. The zero-order chi connectivity index (χ0) is 15.1. The van der Waals surface area contributed by atoms with Crippen LogP contribution in [-0.4, -0.2) is 24.9 Å². The molecule has 0 atom stereocenters. The summed E-state index contributed by atoms with van der Waals surface area (Å²) in [4.78, 5) is 0. The van der Waals surface area contributed by atoms with Gasteiger partial charge in [0, 0.05) is 19.2 Å². The Morgan fingerprint density at radius 1 is 1.40 bits per heavy atom. The van der Waals surface area contributed by atoms with Crippen molar-refractivity contribution in [2.75, 3.05) is 7.05 Å². The summed E-state index contributed by atoms with van der Waals surface area (Å²) < 4.78 is 32.6. The molecular weight excluding hydrogens is 364 g/mol. The first-order valence-corrected chi connectivity index (χ1v) is 8.92. The summed E-state index contributed by atoms with van der Waals surface area (Å²) in [5, 5.41) is 3.84. The van der Waals surface area contributed by atoms with Gasteiger partial charge in [-0.3, -0.25) is 0 Å². The highest BCUT2D eigenvalue weighted by Gasteiger charge is 2.25. The first kappa shape index (κ1) is 15.7. The van der Waals surface area contributed by atoms with Crippen molar-refractivity contribution in [3.63, 3.8) is 0 Å². The van der Waals surface area contributed by atoms with Crippen molar-refractivity contribution in [2.24, 2.45) is 0 Å². The van der Waals surface area contributed by atoms with E-state index < -0.39 is 10.0 Å². The van der Waals surface area contributed by atoms with Crippen molar-refractivity contribution in [1.29, 1.82) is 0 Å². The monoisotopic (exact) mass is 378 g/mol. The maximum absolute atomic E-state index is 12.5. The van der Waals surface area contributed by atoms with E-state index in [4.69, 9.17) is 4.52 Å². The molecule has 0 aliphatic carbocycles. The Hall–Kier alpha value is -0.700. The lowest BCUT2D eigenvalue weighted by Gasteiger charge is -2.15. The van der Waals surface area contributed by atoms with Crippen LogP contribution in [0.5, 0.6) is 0 Å². The molecule has 0 spiro atoms. The van der Waals surface area contributed by atoms with Gasteiger partial charge in [0.25, 0.3) is 10.0 Å². The predicted molar refractivity (Wildman–Crippen MR) is 81.4 cm³/mol. The Morgan fingerprint density at radius 2 is 2.05 bits per heavy atom. The van der Waals surface area contributed by atoms with Crippen LogP contribution in [0.4, 0.5) is 0 Å².